The summed E-state index contributed by atoms with van der Waals surface area (Å²) in [6, 6.07) is -0.625. The molecule has 0 aromatic heterocycles. The number of carbonyl (C=O) groups is 1. The first-order valence-corrected chi connectivity index (χ1v) is 28.1. The van der Waals surface area contributed by atoms with Crippen LogP contribution in [0.5, 0.6) is 0 Å². The van der Waals surface area contributed by atoms with E-state index in [4.69, 9.17) is 0 Å². The summed E-state index contributed by atoms with van der Waals surface area (Å²) in [4.78, 5) is 12.4. The van der Waals surface area contributed by atoms with Gasteiger partial charge in [-0.3, -0.25) is 4.79 Å². The van der Waals surface area contributed by atoms with E-state index in [1.54, 1.807) is 6.08 Å². The van der Waals surface area contributed by atoms with E-state index in [1.165, 1.54) is 161 Å². The number of nitrogens with one attached hydrogen (secondary N) is 1. The number of aliphatic hydroxyl groups excluding tert-OH is 2. The molecule has 0 radical (unpaired) electrons. The molecule has 0 aliphatic carbocycles. The van der Waals surface area contributed by atoms with Crippen LogP contribution in [0, 0.1) is 0 Å². The lowest BCUT2D eigenvalue weighted by Crippen LogP contribution is -2.45. The maximum atomic E-state index is 12.4. The highest BCUT2D eigenvalue weighted by atomic mass is 16.3. The fourth-order valence-electron chi connectivity index (χ4n) is 8.02. The molecule has 0 saturated heterocycles. The summed E-state index contributed by atoms with van der Waals surface area (Å²) in [6.07, 6.45) is 85.3. The van der Waals surface area contributed by atoms with Crippen LogP contribution in [0.3, 0.4) is 0 Å². The zero-order chi connectivity index (χ0) is 47.7. The van der Waals surface area contributed by atoms with Gasteiger partial charge in [0.1, 0.15) is 0 Å². The number of hydrogen-bond acceptors (Lipinski definition) is 3. The van der Waals surface area contributed by atoms with Crippen LogP contribution < -0.4 is 5.32 Å². The van der Waals surface area contributed by atoms with Crippen LogP contribution >= 0.6 is 0 Å². The van der Waals surface area contributed by atoms with Crippen molar-refractivity contribution in [3.8, 4) is 0 Å². The summed E-state index contributed by atoms with van der Waals surface area (Å²) in [5.74, 6) is -0.0666. The molecule has 4 heteroatoms. The molecule has 4 nitrogen and oxygen atoms in total. The second-order valence-electron chi connectivity index (χ2n) is 18.6. The van der Waals surface area contributed by atoms with E-state index >= 15 is 0 Å². The summed E-state index contributed by atoms with van der Waals surface area (Å²) >= 11 is 0. The third-order valence-electron chi connectivity index (χ3n) is 12.3. The molecule has 0 aliphatic heterocycles. The smallest absolute Gasteiger partial charge is 0.220 e. The first-order valence-electron chi connectivity index (χ1n) is 28.1. The number of unbranched alkanes of at least 4 members (excludes halogenated alkanes) is 27. The summed E-state index contributed by atoms with van der Waals surface area (Å²) in [6.45, 7) is 4.19. The van der Waals surface area contributed by atoms with Gasteiger partial charge in [0, 0.05) is 6.42 Å². The predicted octanol–water partition coefficient (Wildman–Crippen LogP) is 18.7. The van der Waals surface area contributed by atoms with Crippen LogP contribution in [0.15, 0.2) is 109 Å². The van der Waals surface area contributed by atoms with Crippen molar-refractivity contribution in [2.75, 3.05) is 6.61 Å². The van der Waals surface area contributed by atoms with Crippen molar-refractivity contribution in [1.82, 2.24) is 5.32 Å². The van der Waals surface area contributed by atoms with E-state index in [-0.39, 0.29) is 12.5 Å². The van der Waals surface area contributed by atoms with Gasteiger partial charge in [0.2, 0.25) is 5.91 Å². The van der Waals surface area contributed by atoms with E-state index in [2.05, 4.69) is 116 Å². The molecule has 0 bridgehead atoms. The minimum atomic E-state index is -0.842. The Balaban J connectivity index is 3.51. The molecule has 66 heavy (non-hydrogen) atoms. The van der Waals surface area contributed by atoms with Gasteiger partial charge in [-0.2, -0.15) is 0 Å². The molecule has 1 amide bonds. The van der Waals surface area contributed by atoms with Crippen LogP contribution in [0.25, 0.3) is 0 Å². The van der Waals surface area contributed by atoms with Gasteiger partial charge in [-0.15, -0.1) is 0 Å². The van der Waals surface area contributed by atoms with E-state index in [0.29, 0.717) is 6.42 Å². The van der Waals surface area contributed by atoms with Crippen molar-refractivity contribution >= 4 is 5.91 Å². The standard InChI is InChI=1S/C62H107NO3/c1-3-5-7-9-11-13-15-17-18-19-20-21-22-23-24-25-26-27-28-29-30-31-32-33-34-35-36-37-38-39-40-41-42-43-44-46-48-50-52-54-56-58-62(66)63-60(59-64)61(65)57-55-53-51-49-47-45-16-14-12-10-8-6-4-2/h5,7,11,13,17-18,20-21,23-24,26-27,29-30,32-33,55,57,60-61,64-65H,3-4,6,8-10,12,14-16,19,22,25,28,31,34-54,56,58-59H2,1-2H3,(H,63,66)/b7-5-,13-11-,18-17-,21-20-,24-23-,27-26-,30-29-,33-32-,57-55+. The van der Waals surface area contributed by atoms with Crippen LogP contribution in [-0.4, -0.2) is 34.9 Å². The van der Waals surface area contributed by atoms with Crippen molar-refractivity contribution in [2.24, 2.45) is 0 Å². The average molecular weight is 915 g/mol. The molecule has 0 heterocycles. The van der Waals surface area contributed by atoms with Crippen molar-refractivity contribution < 1.29 is 15.0 Å². The quantitative estimate of drug-likeness (QED) is 0.0421. The number of amides is 1. The summed E-state index contributed by atoms with van der Waals surface area (Å²) < 4.78 is 0. The van der Waals surface area contributed by atoms with E-state index < -0.39 is 12.1 Å². The minimum Gasteiger partial charge on any atom is -0.394 e. The predicted molar refractivity (Wildman–Crippen MR) is 294 cm³/mol. The fraction of sp³-hybridized carbons (Fsp3) is 0.694. The van der Waals surface area contributed by atoms with Gasteiger partial charge >= 0.3 is 0 Å². The number of rotatable bonds is 50. The van der Waals surface area contributed by atoms with Gasteiger partial charge < -0.3 is 15.5 Å². The van der Waals surface area contributed by atoms with Gasteiger partial charge in [-0.25, -0.2) is 0 Å². The monoisotopic (exact) mass is 914 g/mol. The molecule has 3 N–H and O–H groups in total. The Labute approximate surface area is 410 Å². The van der Waals surface area contributed by atoms with E-state index in [9.17, 15) is 15.0 Å². The first-order chi connectivity index (χ1) is 32.7. The van der Waals surface area contributed by atoms with Crippen molar-refractivity contribution in [2.45, 2.75) is 270 Å². The summed E-state index contributed by atoms with van der Waals surface area (Å²) in [5.41, 5.74) is 0. The molecule has 0 saturated carbocycles. The molecule has 0 spiro atoms. The Morgan fingerprint density at radius 3 is 1.00 bits per heavy atom. The second kappa shape index (κ2) is 56.4. The highest BCUT2D eigenvalue weighted by Crippen LogP contribution is 2.16. The topological polar surface area (TPSA) is 69.6 Å². The van der Waals surface area contributed by atoms with Crippen LogP contribution in [0.4, 0.5) is 0 Å². The maximum absolute atomic E-state index is 12.4. The Kier molecular flexibility index (Phi) is 53.9. The van der Waals surface area contributed by atoms with Gasteiger partial charge in [-0.1, -0.05) is 277 Å². The van der Waals surface area contributed by atoms with Gasteiger partial charge in [0.15, 0.2) is 0 Å². The van der Waals surface area contributed by atoms with Crippen molar-refractivity contribution in [3.63, 3.8) is 0 Å². The Hall–Kier alpha value is -2.95. The highest BCUT2D eigenvalue weighted by Gasteiger charge is 2.18. The summed E-state index contributed by atoms with van der Waals surface area (Å²) in [5, 5.41) is 23.1. The van der Waals surface area contributed by atoms with E-state index in [1.807, 2.05) is 6.08 Å². The van der Waals surface area contributed by atoms with Crippen LogP contribution in [-0.2, 0) is 4.79 Å². The fourth-order valence-corrected chi connectivity index (χ4v) is 8.02. The second-order valence-corrected chi connectivity index (χ2v) is 18.6. The third-order valence-corrected chi connectivity index (χ3v) is 12.3. The zero-order valence-electron chi connectivity index (χ0n) is 43.4. The number of aliphatic hydroxyl groups is 2. The zero-order valence-corrected chi connectivity index (χ0v) is 43.4. The molecule has 0 aromatic carbocycles. The lowest BCUT2D eigenvalue weighted by Gasteiger charge is -2.20. The minimum absolute atomic E-state index is 0.0666. The van der Waals surface area contributed by atoms with Gasteiger partial charge in [-0.05, 0) is 83.5 Å². The SMILES string of the molecule is CC/C=C\C/C=C\C/C=C\C/C=C\C/C=C\C/C=C\C/C=C\C/C=C\CCCCCCCCCCCCCCCCCCC(=O)NC(CO)C(O)/C=C/CCCCCCCCCCCCC. The van der Waals surface area contributed by atoms with Crippen molar-refractivity contribution in [1.29, 1.82) is 0 Å². The molecule has 378 valence electrons. The molecular formula is C62H107NO3. The Morgan fingerprint density at radius 2 is 0.667 bits per heavy atom. The Morgan fingerprint density at radius 1 is 0.379 bits per heavy atom. The largest absolute Gasteiger partial charge is 0.394 e. The molecule has 0 rings (SSSR count). The lowest BCUT2D eigenvalue weighted by atomic mass is 10.0. The maximum Gasteiger partial charge on any atom is 0.220 e. The van der Waals surface area contributed by atoms with Gasteiger partial charge in [0.25, 0.3) is 0 Å². The molecule has 2 atom stereocenters. The molecule has 0 aromatic rings. The van der Waals surface area contributed by atoms with Crippen LogP contribution in [0.1, 0.15) is 258 Å². The van der Waals surface area contributed by atoms with Gasteiger partial charge in [0.05, 0.1) is 18.8 Å². The number of carbonyl (C=O) groups excluding carboxylic acids is 1. The first kappa shape index (κ1) is 63.0. The molecule has 0 aliphatic rings. The molecule has 0 fully saturated rings. The Bertz CT molecular complexity index is 1270. The van der Waals surface area contributed by atoms with E-state index in [0.717, 1.165) is 77.0 Å². The van der Waals surface area contributed by atoms with Crippen LogP contribution in [0.2, 0.25) is 0 Å². The molecular weight excluding hydrogens is 807 g/mol. The lowest BCUT2D eigenvalue weighted by molar-refractivity contribution is -0.123. The normalized spacial score (nSPS) is 13.7. The number of hydrogen-bond donors (Lipinski definition) is 3. The third kappa shape index (κ3) is 52.0. The van der Waals surface area contributed by atoms with Crippen molar-refractivity contribution in [3.05, 3.63) is 109 Å². The average Bonchev–Trinajstić information content (AvgIpc) is 3.32. The highest BCUT2D eigenvalue weighted by molar-refractivity contribution is 5.76. The number of allylic oxidation sites excluding steroid dienone is 17. The summed E-state index contributed by atoms with van der Waals surface area (Å²) in [7, 11) is 0. The molecule has 2 unspecified atom stereocenters.